The summed E-state index contributed by atoms with van der Waals surface area (Å²) in [5, 5.41) is 9.96. The Labute approximate surface area is 161 Å². The van der Waals surface area contributed by atoms with Gasteiger partial charge < -0.3 is 34.4 Å². The molecule has 166 valence electrons. The Bertz CT molecular complexity index is 963. The van der Waals surface area contributed by atoms with Crippen molar-refractivity contribution in [1.82, 2.24) is 9.55 Å². The third kappa shape index (κ3) is 7.03. The van der Waals surface area contributed by atoms with Gasteiger partial charge in [-0.05, 0) is 0 Å². The summed E-state index contributed by atoms with van der Waals surface area (Å²) >= 11 is 0. The highest BCUT2D eigenvalue weighted by Crippen LogP contribution is 2.65. The molecule has 0 bridgehead atoms. The fourth-order valence-corrected chi connectivity index (χ4v) is 5.30. The van der Waals surface area contributed by atoms with Gasteiger partial charge in [0.2, 0.25) is 0 Å². The van der Waals surface area contributed by atoms with E-state index in [-0.39, 0.29) is 12.1 Å². The van der Waals surface area contributed by atoms with Crippen LogP contribution in [-0.4, -0.2) is 53.9 Å². The molecule has 0 saturated carbocycles. The topological polar surface area (TPSA) is 247 Å². The van der Waals surface area contributed by atoms with Crippen LogP contribution in [0.3, 0.4) is 0 Å². The molecule has 1 aromatic heterocycles. The fourth-order valence-electron chi connectivity index (χ4n) is 2.31. The second-order valence-electron chi connectivity index (χ2n) is 5.73. The Kier molecular flexibility index (Phi) is 7.23. The van der Waals surface area contributed by atoms with Gasteiger partial charge in [0.1, 0.15) is 18.0 Å². The van der Waals surface area contributed by atoms with Crippen LogP contribution in [-0.2, 0) is 31.6 Å². The first-order valence-electron chi connectivity index (χ1n) is 7.51. The van der Waals surface area contributed by atoms with Gasteiger partial charge >= 0.3 is 21.3 Å². The molecule has 2 heterocycles. The largest absolute Gasteiger partial charge is 0.756 e. The lowest BCUT2D eigenvalue weighted by Crippen LogP contribution is -2.26. The predicted octanol–water partition coefficient (Wildman–Crippen LogP) is -1.26. The van der Waals surface area contributed by atoms with Gasteiger partial charge in [-0.15, -0.1) is 0 Å². The number of phosphoric ester groups is 1. The Morgan fingerprint density at radius 1 is 1.31 bits per heavy atom. The van der Waals surface area contributed by atoms with Crippen LogP contribution in [0.4, 0.5) is 0 Å². The van der Waals surface area contributed by atoms with E-state index in [0.717, 1.165) is 10.8 Å². The minimum atomic E-state index is -5.77. The lowest BCUT2D eigenvalue weighted by molar-refractivity contribution is -0.212. The van der Waals surface area contributed by atoms with Crippen LogP contribution in [0.1, 0.15) is 30.1 Å². The number of Topliss-reactive ketones (excluding diaryl/α,β-unsaturated/α-hetero) is 1. The number of rotatable bonds is 9. The number of carbonyl (C=O) groups is 1. The molecule has 0 aliphatic carbocycles. The summed E-state index contributed by atoms with van der Waals surface area (Å²) < 4.78 is 50.9. The zero-order chi connectivity index (χ0) is 22.2. The number of carbonyl (C=O) groups excluding carboxylic acids is 1. The molecular formula is C10H16N2O14P3-. The molecule has 2 rings (SSSR count). The van der Waals surface area contributed by atoms with Crippen LogP contribution < -0.4 is 10.6 Å². The van der Waals surface area contributed by atoms with Crippen molar-refractivity contribution in [1.29, 1.82) is 0 Å². The predicted molar refractivity (Wildman–Crippen MR) is 87.2 cm³/mol. The van der Waals surface area contributed by atoms with E-state index >= 15 is 0 Å². The molecule has 1 aliphatic heterocycles. The number of hydrogen-bond acceptors (Lipinski definition) is 11. The summed E-state index contributed by atoms with van der Waals surface area (Å²) in [4.78, 5) is 62.6. The number of aromatic nitrogens is 2. The number of H-pyrrole nitrogens is 1. The number of ether oxygens (including phenoxy) is 1. The molecule has 5 N–H and O–H groups in total. The minimum absolute atomic E-state index is 0.0145. The van der Waals surface area contributed by atoms with Crippen LogP contribution >= 0.6 is 23.5 Å². The number of phosphoric acid groups is 3. The number of nitrogens with one attached hydrogen (secondary N) is 1. The van der Waals surface area contributed by atoms with E-state index in [4.69, 9.17) is 14.5 Å². The van der Waals surface area contributed by atoms with E-state index in [1.54, 1.807) is 0 Å². The zero-order valence-corrected chi connectivity index (χ0v) is 17.1. The highest BCUT2D eigenvalue weighted by atomic mass is 31.3. The highest BCUT2D eigenvalue weighted by molar-refractivity contribution is 7.66. The summed E-state index contributed by atoms with van der Waals surface area (Å²) in [5.74, 6) is -0.432. The van der Waals surface area contributed by atoms with E-state index in [0.29, 0.717) is 0 Å². The van der Waals surface area contributed by atoms with Crippen LogP contribution in [0.15, 0.2) is 11.0 Å². The van der Waals surface area contributed by atoms with Crippen molar-refractivity contribution in [2.75, 3.05) is 6.61 Å². The van der Waals surface area contributed by atoms with Crippen LogP contribution in [0.2, 0.25) is 0 Å². The third-order valence-corrected chi connectivity index (χ3v) is 7.23. The van der Waals surface area contributed by atoms with Gasteiger partial charge in [0.15, 0.2) is 5.78 Å². The van der Waals surface area contributed by atoms with Crippen molar-refractivity contribution in [3.05, 3.63) is 22.4 Å². The van der Waals surface area contributed by atoms with E-state index in [2.05, 4.69) is 18.1 Å². The standard InChI is InChI=1S/C10H17N2O14P3/c1-5(13)6-3-12(10(15)11-6)9-2-7(14)8(24-9)4-23-28(19,20)26-29(21,22)25-27(16,17)18/h3,7-9,14H,2,4H2,1H3,(H,11,15)(H,19,20)(H,21,22)(H2,16,17,18)/p-1/t7?,8-,9-/m1/s1. The Balaban J connectivity index is 2.00. The maximum Gasteiger partial charge on any atom is 0.487 e. The molecule has 16 nitrogen and oxygen atoms in total. The van der Waals surface area contributed by atoms with Gasteiger partial charge in [0.05, 0.1) is 12.7 Å². The molecule has 1 aliphatic rings. The first-order chi connectivity index (χ1) is 13.1. The van der Waals surface area contributed by atoms with Crippen molar-refractivity contribution in [2.45, 2.75) is 31.8 Å². The molecule has 0 spiro atoms. The van der Waals surface area contributed by atoms with Gasteiger partial charge in [-0.25, -0.2) is 18.2 Å². The highest BCUT2D eigenvalue weighted by Gasteiger charge is 2.41. The Morgan fingerprint density at radius 2 is 1.93 bits per heavy atom. The summed E-state index contributed by atoms with van der Waals surface area (Å²) in [5.41, 5.74) is -0.728. The molecule has 29 heavy (non-hydrogen) atoms. The fraction of sp³-hybridized carbons (Fsp3) is 0.600. The average Bonchev–Trinajstić information content (AvgIpc) is 3.04. The smallest absolute Gasteiger partial charge is 0.487 e. The number of nitrogens with zero attached hydrogens (tertiary/aromatic N) is 1. The normalized spacial score (nSPS) is 28.4. The molecule has 1 saturated heterocycles. The summed E-state index contributed by atoms with van der Waals surface area (Å²) in [6, 6.07) is 0. The molecule has 4 unspecified atom stereocenters. The molecule has 0 aromatic carbocycles. The molecule has 1 aromatic rings. The summed E-state index contributed by atoms with van der Waals surface area (Å²) in [6.07, 6.45) is -2.72. The van der Waals surface area contributed by atoms with E-state index in [9.17, 15) is 38.2 Å². The molecule has 19 heteroatoms. The molecule has 1 fully saturated rings. The van der Waals surface area contributed by atoms with Gasteiger partial charge in [0, 0.05) is 19.5 Å². The SMILES string of the molecule is CC(=O)c1cn([C@H]2CC(O)[C@@H](COP(=O)(O)OP(=O)(O)OP(=O)([O-])O)O2)c(=O)[nH]1. The van der Waals surface area contributed by atoms with E-state index in [1.165, 1.54) is 6.92 Å². The van der Waals surface area contributed by atoms with Gasteiger partial charge in [-0.2, -0.15) is 4.31 Å². The summed E-state index contributed by atoms with van der Waals surface area (Å²) in [7, 11) is -16.9. The maximum atomic E-state index is 11.8. The van der Waals surface area contributed by atoms with E-state index in [1.807, 2.05) is 0 Å². The van der Waals surface area contributed by atoms with Gasteiger partial charge in [0.25, 0.3) is 7.82 Å². The van der Waals surface area contributed by atoms with Crippen molar-refractivity contribution < 1.29 is 61.1 Å². The number of hydrogen-bond donors (Lipinski definition) is 5. The Hall–Kier alpha value is -0.990. The monoisotopic (exact) mass is 481 g/mol. The number of aliphatic hydroxyl groups excluding tert-OH is 1. The lowest BCUT2D eigenvalue weighted by atomic mass is 10.2. The first kappa shape index (κ1) is 24.3. The van der Waals surface area contributed by atoms with Crippen molar-refractivity contribution in [3.8, 4) is 0 Å². The quantitative estimate of drug-likeness (QED) is 0.204. The number of aromatic amines is 1. The van der Waals surface area contributed by atoms with Crippen molar-refractivity contribution in [3.63, 3.8) is 0 Å². The number of aliphatic hydroxyl groups is 1. The maximum absolute atomic E-state index is 11.8. The molecule has 6 atom stereocenters. The third-order valence-electron chi connectivity index (χ3n) is 3.45. The summed E-state index contributed by atoms with van der Waals surface area (Å²) in [6.45, 7) is 0.319. The van der Waals surface area contributed by atoms with Crippen molar-refractivity contribution >= 4 is 29.3 Å². The Morgan fingerprint density at radius 3 is 2.45 bits per heavy atom. The van der Waals surface area contributed by atoms with E-state index < -0.39 is 60.0 Å². The average molecular weight is 481 g/mol. The number of ketones is 1. The molecular weight excluding hydrogens is 465 g/mol. The minimum Gasteiger partial charge on any atom is -0.756 e. The van der Waals surface area contributed by atoms with Crippen LogP contribution in [0.25, 0.3) is 0 Å². The second kappa shape index (κ2) is 8.63. The van der Waals surface area contributed by atoms with Gasteiger partial charge in [-0.3, -0.25) is 18.5 Å². The zero-order valence-electron chi connectivity index (χ0n) is 14.4. The van der Waals surface area contributed by atoms with Crippen molar-refractivity contribution in [2.24, 2.45) is 0 Å². The first-order valence-corrected chi connectivity index (χ1v) is 12.0. The second-order valence-corrected chi connectivity index (χ2v) is 10.1. The molecule has 0 radical (unpaired) electrons. The lowest BCUT2D eigenvalue weighted by Gasteiger charge is -2.21. The number of imidazole rings is 1. The van der Waals surface area contributed by atoms with Gasteiger partial charge in [-0.1, -0.05) is 0 Å². The molecule has 0 amide bonds. The van der Waals surface area contributed by atoms with Crippen LogP contribution in [0, 0.1) is 0 Å². The van der Waals surface area contributed by atoms with Crippen LogP contribution in [0.5, 0.6) is 0 Å².